The number of rotatable bonds is 3. The molecule has 1 unspecified atom stereocenters. The van der Waals surface area contributed by atoms with E-state index >= 15 is 0 Å². The molecule has 0 spiro atoms. The van der Waals surface area contributed by atoms with Gasteiger partial charge in [0.05, 0.1) is 6.54 Å². The molecule has 2 amide bonds. The number of nitrogens with zero attached hydrogens (tertiary/aromatic N) is 3. The normalized spacial score (nSPS) is 18.9. The molecule has 4 rings (SSSR count). The number of anilines is 1. The van der Waals surface area contributed by atoms with Crippen LogP contribution in [0.1, 0.15) is 33.3 Å². The maximum Gasteiger partial charge on any atom is 0.410 e. The van der Waals surface area contributed by atoms with E-state index in [4.69, 9.17) is 4.74 Å². The highest BCUT2D eigenvalue weighted by Crippen LogP contribution is 2.35. The lowest BCUT2D eigenvalue weighted by atomic mass is 10.0. The fraction of sp³-hybridized carbons (Fsp3) is 0.462. The first kappa shape index (κ1) is 23.2. The smallest absolute Gasteiger partial charge is 0.410 e. The standard InChI is InChI=1S/C26H32FN3O3/c1-18-16-28(12-13-29(18)25(32)33-26(2,3)4)17-24(31)30-11-10-20-14-22(27)21(15-23(20)30)19-8-6-5-7-9-19/h5-9,14-15,18H,10-13,16-17H2,1-4H3. The number of carbonyl (C=O) groups is 2. The Labute approximate surface area is 194 Å². The molecule has 33 heavy (non-hydrogen) atoms. The molecule has 1 atom stereocenters. The third-order valence-corrected chi connectivity index (χ3v) is 6.15. The van der Waals surface area contributed by atoms with Gasteiger partial charge in [0.15, 0.2) is 0 Å². The van der Waals surface area contributed by atoms with Gasteiger partial charge in [-0.2, -0.15) is 0 Å². The van der Waals surface area contributed by atoms with Gasteiger partial charge in [-0.1, -0.05) is 30.3 Å². The summed E-state index contributed by atoms with van der Waals surface area (Å²) in [4.78, 5) is 31.2. The summed E-state index contributed by atoms with van der Waals surface area (Å²) in [5.41, 5.74) is 2.42. The largest absolute Gasteiger partial charge is 0.444 e. The minimum absolute atomic E-state index is 0.00251. The van der Waals surface area contributed by atoms with Gasteiger partial charge < -0.3 is 14.5 Å². The van der Waals surface area contributed by atoms with E-state index in [1.807, 2.05) is 58.0 Å². The highest BCUT2D eigenvalue weighted by atomic mass is 19.1. The minimum Gasteiger partial charge on any atom is -0.444 e. The van der Waals surface area contributed by atoms with Gasteiger partial charge in [0, 0.05) is 43.5 Å². The minimum atomic E-state index is -0.537. The first-order valence-corrected chi connectivity index (χ1v) is 11.5. The van der Waals surface area contributed by atoms with E-state index in [-0.39, 0.29) is 30.4 Å². The molecule has 2 heterocycles. The number of halogens is 1. The van der Waals surface area contributed by atoms with Crippen molar-refractivity contribution in [3.8, 4) is 11.1 Å². The van der Waals surface area contributed by atoms with E-state index in [9.17, 15) is 14.0 Å². The van der Waals surface area contributed by atoms with Gasteiger partial charge in [0.2, 0.25) is 5.91 Å². The average Bonchev–Trinajstić information content (AvgIpc) is 3.15. The SMILES string of the molecule is CC1CN(CC(=O)N2CCc3cc(F)c(-c4ccccc4)cc32)CCN1C(=O)OC(C)(C)C. The Hall–Kier alpha value is -2.93. The Morgan fingerprint density at radius 3 is 2.48 bits per heavy atom. The molecule has 0 aliphatic carbocycles. The molecule has 6 nitrogen and oxygen atoms in total. The van der Waals surface area contributed by atoms with Gasteiger partial charge in [-0.15, -0.1) is 0 Å². The topological polar surface area (TPSA) is 53.1 Å². The summed E-state index contributed by atoms with van der Waals surface area (Å²) in [5.74, 6) is -0.265. The fourth-order valence-corrected chi connectivity index (χ4v) is 4.55. The van der Waals surface area contributed by atoms with Crippen LogP contribution >= 0.6 is 0 Å². The van der Waals surface area contributed by atoms with Crippen molar-refractivity contribution in [3.05, 3.63) is 53.8 Å². The Morgan fingerprint density at radius 2 is 1.82 bits per heavy atom. The molecular weight excluding hydrogens is 421 g/mol. The van der Waals surface area contributed by atoms with E-state index in [1.165, 1.54) is 0 Å². The predicted molar refractivity (Wildman–Crippen MR) is 127 cm³/mol. The summed E-state index contributed by atoms with van der Waals surface area (Å²) in [6.07, 6.45) is 0.334. The highest BCUT2D eigenvalue weighted by molar-refractivity contribution is 5.97. The average molecular weight is 454 g/mol. The molecule has 1 saturated heterocycles. The number of piperazine rings is 1. The van der Waals surface area contributed by atoms with E-state index in [1.54, 1.807) is 21.9 Å². The zero-order valence-corrected chi connectivity index (χ0v) is 19.8. The van der Waals surface area contributed by atoms with Crippen molar-refractivity contribution >= 4 is 17.7 Å². The van der Waals surface area contributed by atoms with Crippen molar-refractivity contribution in [1.82, 2.24) is 9.80 Å². The molecular formula is C26H32FN3O3. The predicted octanol–water partition coefficient (Wildman–Crippen LogP) is 4.32. The molecule has 7 heteroatoms. The Morgan fingerprint density at radius 1 is 1.09 bits per heavy atom. The summed E-state index contributed by atoms with van der Waals surface area (Å²) in [6, 6.07) is 12.7. The van der Waals surface area contributed by atoms with Crippen molar-refractivity contribution in [3.63, 3.8) is 0 Å². The molecule has 176 valence electrons. The van der Waals surface area contributed by atoms with Crippen LogP contribution < -0.4 is 4.90 Å². The lowest BCUT2D eigenvalue weighted by Crippen LogP contribution is -2.56. The van der Waals surface area contributed by atoms with Crippen LogP contribution in [-0.4, -0.2) is 66.2 Å². The van der Waals surface area contributed by atoms with Gasteiger partial charge in [-0.3, -0.25) is 9.69 Å². The third kappa shape index (κ3) is 5.19. The van der Waals surface area contributed by atoms with Crippen LogP contribution in [0.5, 0.6) is 0 Å². The number of carbonyl (C=O) groups excluding carboxylic acids is 2. The van der Waals surface area contributed by atoms with Crippen LogP contribution in [-0.2, 0) is 16.0 Å². The van der Waals surface area contributed by atoms with Crippen molar-refractivity contribution in [2.24, 2.45) is 0 Å². The van der Waals surface area contributed by atoms with Crippen LogP contribution in [0.2, 0.25) is 0 Å². The lowest BCUT2D eigenvalue weighted by molar-refractivity contribution is -0.120. The third-order valence-electron chi connectivity index (χ3n) is 6.15. The first-order valence-electron chi connectivity index (χ1n) is 11.5. The maximum atomic E-state index is 14.7. The Balaban J connectivity index is 1.43. The van der Waals surface area contributed by atoms with Crippen molar-refractivity contribution in [1.29, 1.82) is 0 Å². The number of fused-ring (bicyclic) bond motifs is 1. The quantitative estimate of drug-likeness (QED) is 0.695. The fourth-order valence-electron chi connectivity index (χ4n) is 4.55. The molecule has 2 aromatic carbocycles. The second kappa shape index (κ2) is 9.14. The zero-order valence-electron chi connectivity index (χ0n) is 19.8. The van der Waals surface area contributed by atoms with Gasteiger partial charge in [-0.25, -0.2) is 9.18 Å². The second-order valence-electron chi connectivity index (χ2n) is 9.88. The van der Waals surface area contributed by atoms with E-state index < -0.39 is 5.60 Å². The molecule has 2 aliphatic rings. The molecule has 1 fully saturated rings. The molecule has 0 N–H and O–H groups in total. The van der Waals surface area contributed by atoms with Gasteiger partial charge >= 0.3 is 6.09 Å². The van der Waals surface area contributed by atoms with Crippen molar-refractivity contribution in [2.75, 3.05) is 37.6 Å². The maximum absolute atomic E-state index is 14.7. The van der Waals surface area contributed by atoms with Gasteiger partial charge in [0.1, 0.15) is 11.4 Å². The zero-order chi connectivity index (χ0) is 23.8. The van der Waals surface area contributed by atoms with E-state index in [0.29, 0.717) is 38.2 Å². The van der Waals surface area contributed by atoms with E-state index in [2.05, 4.69) is 4.90 Å². The molecule has 2 aromatic rings. The Kier molecular flexibility index (Phi) is 6.43. The number of ether oxygens (including phenoxy) is 1. The summed E-state index contributed by atoms with van der Waals surface area (Å²) in [7, 11) is 0. The second-order valence-corrected chi connectivity index (χ2v) is 9.88. The number of hydrogen-bond acceptors (Lipinski definition) is 4. The van der Waals surface area contributed by atoms with E-state index in [0.717, 1.165) is 16.8 Å². The van der Waals surface area contributed by atoms with Crippen molar-refractivity contribution in [2.45, 2.75) is 45.8 Å². The van der Waals surface area contributed by atoms with Crippen LogP contribution in [0, 0.1) is 5.82 Å². The first-order chi connectivity index (χ1) is 15.6. The summed E-state index contributed by atoms with van der Waals surface area (Å²) in [5, 5.41) is 0. The van der Waals surface area contributed by atoms with Gasteiger partial charge in [-0.05, 0) is 57.4 Å². The number of hydrogen-bond donors (Lipinski definition) is 0. The van der Waals surface area contributed by atoms with Gasteiger partial charge in [0.25, 0.3) is 0 Å². The van der Waals surface area contributed by atoms with Crippen LogP contribution in [0.3, 0.4) is 0 Å². The molecule has 2 aliphatic heterocycles. The van der Waals surface area contributed by atoms with Crippen LogP contribution in [0.4, 0.5) is 14.9 Å². The monoisotopic (exact) mass is 453 g/mol. The lowest BCUT2D eigenvalue weighted by Gasteiger charge is -2.40. The van der Waals surface area contributed by atoms with Crippen molar-refractivity contribution < 1.29 is 18.7 Å². The Bertz CT molecular complexity index is 1040. The molecule has 0 radical (unpaired) electrons. The molecule has 0 aromatic heterocycles. The number of benzene rings is 2. The van der Waals surface area contributed by atoms with Crippen LogP contribution in [0.15, 0.2) is 42.5 Å². The molecule has 0 saturated carbocycles. The summed E-state index contributed by atoms with van der Waals surface area (Å²) in [6.45, 7) is 10.1. The summed E-state index contributed by atoms with van der Waals surface area (Å²) < 4.78 is 20.2. The van der Waals surface area contributed by atoms with Crippen LogP contribution in [0.25, 0.3) is 11.1 Å². The molecule has 0 bridgehead atoms. The summed E-state index contributed by atoms with van der Waals surface area (Å²) >= 11 is 0. The highest BCUT2D eigenvalue weighted by Gasteiger charge is 2.33. The number of amides is 2.